The van der Waals surface area contributed by atoms with Gasteiger partial charge in [0.15, 0.2) is 0 Å². The van der Waals surface area contributed by atoms with Crippen LogP contribution in [0.15, 0.2) is 18.2 Å². The highest BCUT2D eigenvalue weighted by Gasteiger charge is 2.21. The number of phenols is 1. The molecule has 0 aromatic heterocycles. The van der Waals surface area contributed by atoms with E-state index in [1.807, 2.05) is 0 Å². The Balaban J connectivity index is 2.87. The molecular formula is C12H14FNO4. The lowest BCUT2D eigenvalue weighted by Gasteiger charge is -2.14. The van der Waals surface area contributed by atoms with Crippen LogP contribution in [0, 0.1) is 5.82 Å². The molecule has 0 bridgehead atoms. The average molecular weight is 255 g/mol. The summed E-state index contributed by atoms with van der Waals surface area (Å²) in [6, 6.07) is 2.17. The molecule has 1 aromatic carbocycles. The number of esters is 1. The van der Waals surface area contributed by atoms with Crippen LogP contribution in [0.5, 0.6) is 5.75 Å². The Labute approximate surface area is 104 Å². The van der Waals surface area contributed by atoms with Crippen LogP contribution in [-0.2, 0) is 9.53 Å². The van der Waals surface area contributed by atoms with E-state index in [0.29, 0.717) is 6.42 Å². The molecule has 1 aromatic rings. The van der Waals surface area contributed by atoms with E-state index < -0.39 is 23.7 Å². The Morgan fingerprint density at radius 2 is 2.17 bits per heavy atom. The number of halogens is 1. The summed E-state index contributed by atoms with van der Waals surface area (Å²) in [6.45, 7) is 1.69. The molecule has 18 heavy (non-hydrogen) atoms. The first kappa shape index (κ1) is 14.0. The van der Waals surface area contributed by atoms with Crippen LogP contribution in [0.3, 0.4) is 0 Å². The number of nitrogens with one attached hydrogen (secondary N) is 1. The van der Waals surface area contributed by atoms with Gasteiger partial charge in [-0.2, -0.15) is 0 Å². The van der Waals surface area contributed by atoms with Gasteiger partial charge in [-0.25, -0.2) is 9.18 Å². The fraction of sp³-hybridized carbons (Fsp3) is 0.333. The third-order valence-electron chi connectivity index (χ3n) is 2.40. The zero-order valence-corrected chi connectivity index (χ0v) is 10.1. The van der Waals surface area contributed by atoms with Gasteiger partial charge in [0.25, 0.3) is 5.91 Å². The van der Waals surface area contributed by atoms with Crippen molar-refractivity contribution in [3.05, 3.63) is 29.6 Å². The van der Waals surface area contributed by atoms with E-state index >= 15 is 0 Å². The van der Waals surface area contributed by atoms with Crippen molar-refractivity contribution in [3.63, 3.8) is 0 Å². The molecule has 0 fully saturated rings. The fourth-order valence-corrected chi connectivity index (χ4v) is 1.40. The lowest BCUT2D eigenvalue weighted by molar-refractivity contribution is -0.142. The van der Waals surface area contributed by atoms with Gasteiger partial charge in [0, 0.05) is 0 Å². The smallest absolute Gasteiger partial charge is 0.328 e. The van der Waals surface area contributed by atoms with Gasteiger partial charge >= 0.3 is 5.97 Å². The number of amides is 1. The SMILES string of the molecule is CCC(NC(=O)c1cc(F)ccc1O)C(=O)OC. The highest BCUT2D eigenvalue weighted by Crippen LogP contribution is 2.17. The highest BCUT2D eigenvalue weighted by atomic mass is 19.1. The summed E-state index contributed by atoms with van der Waals surface area (Å²) >= 11 is 0. The van der Waals surface area contributed by atoms with Gasteiger partial charge in [-0.3, -0.25) is 4.79 Å². The third kappa shape index (κ3) is 3.19. The number of aromatic hydroxyl groups is 1. The molecule has 0 spiro atoms. The van der Waals surface area contributed by atoms with Crippen molar-refractivity contribution in [2.45, 2.75) is 19.4 Å². The van der Waals surface area contributed by atoms with Gasteiger partial charge in [-0.15, -0.1) is 0 Å². The number of methoxy groups -OCH3 is 1. The van der Waals surface area contributed by atoms with Crippen molar-refractivity contribution < 1.29 is 23.8 Å². The van der Waals surface area contributed by atoms with Gasteiger partial charge in [0.1, 0.15) is 17.6 Å². The van der Waals surface area contributed by atoms with Crippen LogP contribution in [0.25, 0.3) is 0 Å². The van der Waals surface area contributed by atoms with Crippen LogP contribution >= 0.6 is 0 Å². The summed E-state index contributed by atoms with van der Waals surface area (Å²) in [4.78, 5) is 23.1. The summed E-state index contributed by atoms with van der Waals surface area (Å²) in [7, 11) is 1.21. The van der Waals surface area contributed by atoms with Crippen LogP contribution in [0.4, 0.5) is 4.39 Å². The molecule has 1 amide bonds. The molecule has 0 aliphatic heterocycles. The molecule has 0 saturated heterocycles. The number of hydrogen-bond acceptors (Lipinski definition) is 4. The second-order valence-corrected chi connectivity index (χ2v) is 3.62. The summed E-state index contributed by atoms with van der Waals surface area (Å²) in [5.74, 6) is -2.33. The van der Waals surface area contributed by atoms with Crippen LogP contribution in [-0.4, -0.2) is 30.1 Å². The van der Waals surface area contributed by atoms with Crippen molar-refractivity contribution in [2.24, 2.45) is 0 Å². The van der Waals surface area contributed by atoms with Gasteiger partial charge in [0.2, 0.25) is 0 Å². The number of rotatable bonds is 4. The van der Waals surface area contributed by atoms with E-state index in [-0.39, 0.29) is 11.3 Å². The maximum atomic E-state index is 13.0. The number of hydrogen-bond donors (Lipinski definition) is 2. The van der Waals surface area contributed by atoms with Crippen molar-refractivity contribution >= 4 is 11.9 Å². The summed E-state index contributed by atoms with van der Waals surface area (Å²) in [5.41, 5.74) is -0.225. The molecule has 6 heteroatoms. The summed E-state index contributed by atoms with van der Waals surface area (Å²) in [6.07, 6.45) is 0.328. The second kappa shape index (κ2) is 6.00. The van der Waals surface area contributed by atoms with Gasteiger partial charge < -0.3 is 15.2 Å². The number of benzene rings is 1. The normalized spacial score (nSPS) is 11.7. The third-order valence-corrected chi connectivity index (χ3v) is 2.40. The minimum atomic E-state index is -0.829. The Bertz CT molecular complexity index is 461. The Hall–Kier alpha value is -2.11. The van der Waals surface area contributed by atoms with Crippen molar-refractivity contribution in [1.82, 2.24) is 5.32 Å². The minimum absolute atomic E-state index is 0.225. The average Bonchev–Trinajstić information content (AvgIpc) is 2.37. The van der Waals surface area contributed by atoms with Crippen LogP contribution in [0.1, 0.15) is 23.7 Å². The van der Waals surface area contributed by atoms with Crippen molar-refractivity contribution in [2.75, 3.05) is 7.11 Å². The molecule has 0 heterocycles. The largest absolute Gasteiger partial charge is 0.507 e. The maximum Gasteiger partial charge on any atom is 0.328 e. The molecule has 0 aliphatic carbocycles. The molecule has 1 atom stereocenters. The van der Waals surface area contributed by atoms with Crippen molar-refractivity contribution in [1.29, 1.82) is 0 Å². The van der Waals surface area contributed by atoms with E-state index in [4.69, 9.17) is 0 Å². The lowest BCUT2D eigenvalue weighted by atomic mass is 10.1. The number of phenolic OH excluding ortho intramolecular Hbond substituents is 1. The first-order valence-electron chi connectivity index (χ1n) is 5.36. The van der Waals surface area contributed by atoms with Gasteiger partial charge in [-0.1, -0.05) is 6.92 Å². The standard InChI is InChI=1S/C12H14FNO4/c1-3-9(12(17)18-2)14-11(16)8-6-7(13)4-5-10(8)15/h4-6,9,15H,3H2,1-2H3,(H,14,16). The minimum Gasteiger partial charge on any atom is -0.507 e. The van der Waals surface area contributed by atoms with E-state index in [1.165, 1.54) is 7.11 Å². The molecule has 1 rings (SSSR count). The fourth-order valence-electron chi connectivity index (χ4n) is 1.40. The number of ether oxygens (including phenoxy) is 1. The number of carbonyl (C=O) groups is 2. The topological polar surface area (TPSA) is 75.6 Å². The highest BCUT2D eigenvalue weighted by molar-refractivity contribution is 5.98. The first-order chi connectivity index (χ1) is 8.49. The summed E-state index contributed by atoms with van der Waals surface area (Å²) < 4.78 is 17.5. The molecule has 1 unspecified atom stereocenters. The molecule has 98 valence electrons. The molecule has 5 nitrogen and oxygen atoms in total. The Kier molecular flexibility index (Phi) is 4.65. The van der Waals surface area contributed by atoms with E-state index in [1.54, 1.807) is 6.92 Å². The predicted octanol–water partition coefficient (Wildman–Crippen LogP) is 1.21. The van der Waals surface area contributed by atoms with E-state index in [2.05, 4.69) is 10.1 Å². The molecule has 0 saturated carbocycles. The molecular weight excluding hydrogens is 241 g/mol. The van der Waals surface area contributed by atoms with Crippen LogP contribution in [0.2, 0.25) is 0 Å². The van der Waals surface area contributed by atoms with E-state index in [0.717, 1.165) is 18.2 Å². The van der Waals surface area contributed by atoms with Crippen molar-refractivity contribution in [3.8, 4) is 5.75 Å². The zero-order valence-electron chi connectivity index (χ0n) is 10.1. The van der Waals surface area contributed by atoms with E-state index in [9.17, 15) is 19.1 Å². The molecule has 0 radical (unpaired) electrons. The van der Waals surface area contributed by atoms with Gasteiger partial charge in [0.05, 0.1) is 12.7 Å². The molecule has 0 aliphatic rings. The van der Waals surface area contributed by atoms with Gasteiger partial charge in [-0.05, 0) is 24.6 Å². The zero-order chi connectivity index (χ0) is 13.7. The second-order valence-electron chi connectivity index (χ2n) is 3.62. The summed E-state index contributed by atoms with van der Waals surface area (Å²) in [5, 5.41) is 11.8. The maximum absolute atomic E-state index is 13.0. The lowest BCUT2D eigenvalue weighted by Crippen LogP contribution is -2.41. The Morgan fingerprint density at radius 3 is 2.72 bits per heavy atom. The monoisotopic (exact) mass is 255 g/mol. The number of carbonyl (C=O) groups excluding carboxylic acids is 2. The molecule has 2 N–H and O–H groups in total. The quantitative estimate of drug-likeness (QED) is 0.793. The first-order valence-corrected chi connectivity index (χ1v) is 5.36. The van der Waals surface area contributed by atoms with Crippen LogP contribution < -0.4 is 5.32 Å². The Morgan fingerprint density at radius 1 is 1.50 bits per heavy atom. The predicted molar refractivity (Wildman–Crippen MR) is 61.6 cm³/mol.